The van der Waals surface area contributed by atoms with Gasteiger partial charge in [0.1, 0.15) is 5.52 Å². The van der Waals surface area contributed by atoms with Crippen LogP contribution in [0.25, 0.3) is 11.0 Å². The molecule has 0 aliphatic heterocycles. The molecule has 1 unspecified atom stereocenters. The van der Waals surface area contributed by atoms with Crippen LogP contribution in [0.2, 0.25) is 0 Å². The van der Waals surface area contributed by atoms with Gasteiger partial charge in [0.2, 0.25) is 5.95 Å². The maximum absolute atomic E-state index is 12.8. The molecule has 3 aromatic rings. The minimum atomic E-state index is -1.12. The van der Waals surface area contributed by atoms with Gasteiger partial charge < -0.3 is 9.88 Å². The highest BCUT2D eigenvalue weighted by molar-refractivity contribution is 7.84. The molecule has 0 saturated carbocycles. The van der Waals surface area contributed by atoms with Gasteiger partial charge in [0.05, 0.1) is 27.0 Å². The minimum absolute atomic E-state index is 0.504. The van der Waals surface area contributed by atoms with Gasteiger partial charge in [-0.25, -0.2) is 4.98 Å². The van der Waals surface area contributed by atoms with Crippen LogP contribution in [-0.4, -0.2) is 27.8 Å². The molecule has 4 nitrogen and oxygen atoms in total. The molecule has 0 fully saturated rings. The van der Waals surface area contributed by atoms with E-state index in [2.05, 4.69) is 23.7 Å². The fourth-order valence-electron chi connectivity index (χ4n) is 2.79. The zero-order valence-electron chi connectivity index (χ0n) is 14.3. The molecular weight excluding hydrogens is 318 g/mol. The highest BCUT2D eigenvalue weighted by Crippen LogP contribution is 2.24. The Bertz CT molecular complexity index is 842. The number of hydrogen-bond donors (Lipinski definition) is 1. The predicted octanol–water partition coefficient (Wildman–Crippen LogP) is 3.96. The number of fused-ring (bicyclic) bond motifs is 1. The zero-order chi connectivity index (χ0) is 17.1. The van der Waals surface area contributed by atoms with Gasteiger partial charge in [0.25, 0.3) is 0 Å². The highest BCUT2D eigenvalue weighted by atomic mass is 32.2. The largest absolute Gasteiger partial charge is 0.345 e. The topological polar surface area (TPSA) is 49.0 Å². The number of nitrogens with zero attached hydrogens (tertiary/aromatic N) is 2. The Kier molecular flexibility index (Phi) is 5.00. The molecule has 0 saturated heterocycles. The summed E-state index contributed by atoms with van der Waals surface area (Å²) in [6.45, 7) is 5.28. The van der Waals surface area contributed by atoms with Crippen LogP contribution in [-0.2, 0) is 16.6 Å². The van der Waals surface area contributed by atoms with Crippen molar-refractivity contribution in [2.45, 2.75) is 24.5 Å². The van der Waals surface area contributed by atoms with Crippen molar-refractivity contribution in [3.63, 3.8) is 0 Å². The first-order chi connectivity index (χ1) is 11.5. The van der Waals surface area contributed by atoms with Crippen LogP contribution in [0, 0.1) is 5.92 Å². The summed E-state index contributed by atoms with van der Waals surface area (Å²) in [5.74, 6) is 1.88. The van der Waals surface area contributed by atoms with Crippen LogP contribution in [0.1, 0.15) is 19.4 Å². The number of H-pyrrole nitrogens is 1. The van der Waals surface area contributed by atoms with Crippen LogP contribution < -0.4 is 4.90 Å². The number of nitrogens with one attached hydrogen (secondary N) is 1. The van der Waals surface area contributed by atoms with E-state index in [9.17, 15) is 4.21 Å². The Labute approximate surface area is 145 Å². The Balaban J connectivity index is 1.91. The lowest BCUT2D eigenvalue weighted by Crippen LogP contribution is -2.23. The molecule has 3 rings (SSSR count). The first kappa shape index (κ1) is 16.7. The summed E-state index contributed by atoms with van der Waals surface area (Å²) in [7, 11) is 0.906. The lowest BCUT2D eigenvalue weighted by atomic mass is 10.2. The Morgan fingerprint density at radius 3 is 2.58 bits per heavy atom. The van der Waals surface area contributed by atoms with E-state index in [1.54, 1.807) is 0 Å². The molecular formula is C19H23N3OS. The molecule has 0 aliphatic carbocycles. The van der Waals surface area contributed by atoms with Crippen molar-refractivity contribution in [1.82, 2.24) is 9.97 Å². The third-order valence-corrected chi connectivity index (χ3v) is 5.27. The Morgan fingerprint density at radius 1 is 1.12 bits per heavy atom. The van der Waals surface area contributed by atoms with Gasteiger partial charge >= 0.3 is 0 Å². The van der Waals surface area contributed by atoms with Crippen molar-refractivity contribution >= 4 is 27.8 Å². The van der Waals surface area contributed by atoms with Gasteiger partial charge in [-0.05, 0) is 23.6 Å². The van der Waals surface area contributed by atoms with E-state index in [0.29, 0.717) is 11.7 Å². The number of para-hydroxylation sites is 1. The summed E-state index contributed by atoms with van der Waals surface area (Å²) in [6, 6.07) is 15.8. The van der Waals surface area contributed by atoms with Gasteiger partial charge in [-0.2, -0.15) is 0 Å². The summed E-state index contributed by atoms with van der Waals surface area (Å²) < 4.78 is 12.8. The summed E-state index contributed by atoms with van der Waals surface area (Å²) >= 11 is 0. The minimum Gasteiger partial charge on any atom is -0.345 e. The van der Waals surface area contributed by atoms with E-state index in [1.165, 1.54) is 0 Å². The van der Waals surface area contributed by atoms with Gasteiger partial charge in [0.15, 0.2) is 0 Å². The number of aromatic nitrogens is 2. The lowest BCUT2D eigenvalue weighted by Gasteiger charge is -2.17. The summed E-state index contributed by atoms with van der Waals surface area (Å²) in [4.78, 5) is 10.9. The number of rotatable bonds is 6. The molecule has 2 aromatic carbocycles. The van der Waals surface area contributed by atoms with E-state index >= 15 is 0 Å². The molecule has 0 amide bonds. The Morgan fingerprint density at radius 2 is 1.88 bits per heavy atom. The highest BCUT2D eigenvalue weighted by Gasteiger charge is 2.15. The van der Waals surface area contributed by atoms with E-state index < -0.39 is 10.8 Å². The molecule has 0 radical (unpaired) electrons. The van der Waals surface area contributed by atoms with Crippen LogP contribution in [0.3, 0.4) is 0 Å². The SMILES string of the molecule is CC(C)CN(C)c1nc2c(S(=O)Cc3ccccc3)cccc2[nH]1. The van der Waals surface area contributed by atoms with Crippen LogP contribution >= 0.6 is 0 Å². The normalized spacial score (nSPS) is 12.7. The first-order valence-electron chi connectivity index (χ1n) is 8.16. The van der Waals surface area contributed by atoms with Crippen molar-refractivity contribution in [2.75, 3.05) is 18.5 Å². The van der Waals surface area contributed by atoms with Crippen molar-refractivity contribution < 1.29 is 4.21 Å². The molecule has 24 heavy (non-hydrogen) atoms. The predicted molar refractivity (Wildman–Crippen MR) is 101 cm³/mol. The van der Waals surface area contributed by atoms with Gasteiger partial charge in [-0.15, -0.1) is 0 Å². The van der Waals surface area contributed by atoms with Crippen molar-refractivity contribution in [1.29, 1.82) is 0 Å². The van der Waals surface area contributed by atoms with E-state index in [0.717, 1.165) is 34.0 Å². The second kappa shape index (κ2) is 7.18. The fraction of sp³-hybridized carbons (Fsp3) is 0.316. The van der Waals surface area contributed by atoms with Crippen molar-refractivity contribution in [3.05, 3.63) is 54.1 Å². The first-order valence-corrected chi connectivity index (χ1v) is 9.48. The Hall–Kier alpha value is -2.14. The number of aromatic amines is 1. The average molecular weight is 341 g/mol. The molecule has 1 heterocycles. The monoisotopic (exact) mass is 341 g/mol. The fourth-order valence-corrected chi connectivity index (χ4v) is 4.05. The van der Waals surface area contributed by atoms with Crippen molar-refractivity contribution in [3.8, 4) is 0 Å². The zero-order valence-corrected chi connectivity index (χ0v) is 15.1. The second-order valence-corrected chi connectivity index (χ2v) is 7.88. The maximum Gasteiger partial charge on any atom is 0.203 e. The summed E-state index contributed by atoms with van der Waals surface area (Å²) in [5, 5.41) is 0. The molecule has 1 aromatic heterocycles. The number of anilines is 1. The number of hydrogen-bond acceptors (Lipinski definition) is 3. The van der Waals surface area contributed by atoms with Crippen LogP contribution in [0.5, 0.6) is 0 Å². The number of imidazole rings is 1. The average Bonchev–Trinajstić information content (AvgIpc) is 2.99. The van der Waals surface area contributed by atoms with Gasteiger partial charge in [-0.1, -0.05) is 50.2 Å². The van der Waals surface area contributed by atoms with E-state index in [4.69, 9.17) is 4.98 Å². The van der Waals surface area contributed by atoms with Gasteiger partial charge in [-0.3, -0.25) is 4.21 Å². The smallest absolute Gasteiger partial charge is 0.203 e. The van der Waals surface area contributed by atoms with Crippen LogP contribution in [0.15, 0.2) is 53.4 Å². The van der Waals surface area contributed by atoms with E-state index in [-0.39, 0.29) is 0 Å². The van der Waals surface area contributed by atoms with Crippen molar-refractivity contribution in [2.24, 2.45) is 5.92 Å². The lowest BCUT2D eigenvalue weighted by molar-refractivity contribution is 0.632. The molecule has 0 aliphatic rings. The quantitative estimate of drug-likeness (QED) is 0.738. The molecule has 1 N–H and O–H groups in total. The molecule has 5 heteroatoms. The molecule has 0 spiro atoms. The van der Waals surface area contributed by atoms with Gasteiger partial charge in [0, 0.05) is 13.6 Å². The summed E-state index contributed by atoms with van der Waals surface area (Å²) in [5.41, 5.74) is 2.80. The van der Waals surface area contributed by atoms with Crippen LogP contribution in [0.4, 0.5) is 5.95 Å². The number of benzene rings is 2. The molecule has 0 bridgehead atoms. The second-order valence-electron chi connectivity index (χ2n) is 6.46. The molecule has 126 valence electrons. The third-order valence-electron chi connectivity index (χ3n) is 3.85. The van der Waals surface area contributed by atoms with E-state index in [1.807, 2.05) is 55.6 Å². The maximum atomic E-state index is 12.8. The third kappa shape index (κ3) is 3.67. The summed E-state index contributed by atoms with van der Waals surface area (Å²) in [6.07, 6.45) is 0. The standard InChI is InChI=1S/C19H23N3OS/c1-14(2)12-22(3)19-20-16-10-7-11-17(18(16)21-19)24(23)13-15-8-5-4-6-9-15/h4-11,14H,12-13H2,1-3H3,(H,20,21). The molecule has 1 atom stereocenters.